The molecule has 1 fully saturated rings. The quantitative estimate of drug-likeness (QED) is 0.791. The van der Waals surface area contributed by atoms with Gasteiger partial charge in [0.15, 0.2) is 0 Å². The number of hydrogen-bond donors (Lipinski definition) is 1. The Morgan fingerprint density at radius 2 is 2.06 bits per heavy atom. The van der Waals surface area contributed by atoms with Gasteiger partial charge in [-0.1, -0.05) is 30.3 Å². The summed E-state index contributed by atoms with van der Waals surface area (Å²) in [4.78, 5) is 11.6. The molecule has 86 valence electrons. The molecule has 1 aromatic carbocycles. The molecule has 1 aromatic rings. The van der Waals surface area contributed by atoms with Gasteiger partial charge in [-0.15, -0.1) is 0 Å². The van der Waals surface area contributed by atoms with Crippen LogP contribution in [0.2, 0.25) is 0 Å². The normalized spacial score (nSPS) is 24.3. The van der Waals surface area contributed by atoms with E-state index >= 15 is 0 Å². The standard InChI is InChI=1S/C13H16O3/c14-12-7-6-11(8-12)13(15)16-9-10-4-2-1-3-5-10/h1-5,11-12,14H,6-9H2/t11-,12-/m1/s1. The van der Waals surface area contributed by atoms with Gasteiger partial charge in [-0.3, -0.25) is 4.79 Å². The monoisotopic (exact) mass is 220 g/mol. The maximum Gasteiger partial charge on any atom is 0.309 e. The predicted octanol–water partition coefficient (Wildman–Crippen LogP) is 1.89. The highest BCUT2D eigenvalue weighted by Crippen LogP contribution is 2.26. The molecule has 1 N–H and O–H groups in total. The van der Waals surface area contributed by atoms with Crippen molar-refractivity contribution >= 4 is 5.97 Å². The van der Waals surface area contributed by atoms with Crippen LogP contribution in [-0.2, 0) is 16.1 Å². The first-order chi connectivity index (χ1) is 7.75. The van der Waals surface area contributed by atoms with Gasteiger partial charge in [0.25, 0.3) is 0 Å². The van der Waals surface area contributed by atoms with E-state index in [0.717, 1.165) is 12.0 Å². The minimum Gasteiger partial charge on any atom is -0.461 e. The molecule has 0 radical (unpaired) electrons. The van der Waals surface area contributed by atoms with E-state index in [9.17, 15) is 9.90 Å². The van der Waals surface area contributed by atoms with E-state index in [1.807, 2.05) is 30.3 Å². The number of esters is 1. The summed E-state index contributed by atoms with van der Waals surface area (Å²) in [5.74, 6) is -0.292. The molecule has 3 heteroatoms. The Morgan fingerprint density at radius 1 is 1.31 bits per heavy atom. The molecule has 0 amide bonds. The van der Waals surface area contributed by atoms with Crippen LogP contribution >= 0.6 is 0 Å². The van der Waals surface area contributed by atoms with Crippen molar-refractivity contribution in [3.63, 3.8) is 0 Å². The summed E-state index contributed by atoms with van der Waals surface area (Å²) >= 11 is 0. The average Bonchev–Trinajstić information content (AvgIpc) is 2.74. The van der Waals surface area contributed by atoms with Gasteiger partial charge in [0.2, 0.25) is 0 Å². The van der Waals surface area contributed by atoms with Gasteiger partial charge in [0, 0.05) is 0 Å². The lowest BCUT2D eigenvalue weighted by Gasteiger charge is -2.09. The maximum atomic E-state index is 11.6. The van der Waals surface area contributed by atoms with Crippen molar-refractivity contribution in [3.8, 4) is 0 Å². The fourth-order valence-electron chi connectivity index (χ4n) is 2.02. The number of carbonyl (C=O) groups is 1. The fourth-order valence-corrected chi connectivity index (χ4v) is 2.02. The molecule has 0 saturated heterocycles. The first kappa shape index (κ1) is 11.1. The molecular formula is C13H16O3. The molecule has 0 heterocycles. The number of aliphatic hydroxyl groups excluding tert-OH is 1. The summed E-state index contributed by atoms with van der Waals surface area (Å²) in [7, 11) is 0. The lowest BCUT2D eigenvalue weighted by atomic mass is 10.1. The Balaban J connectivity index is 1.80. The molecule has 1 aliphatic rings. The lowest BCUT2D eigenvalue weighted by molar-refractivity contribution is -0.149. The van der Waals surface area contributed by atoms with Crippen LogP contribution in [0.25, 0.3) is 0 Å². The summed E-state index contributed by atoms with van der Waals surface area (Å²) in [5.41, 5.74) is 0.995. The summed E-state index contributed by atoms with van der Waals surface area (Å²) < 4.78 is 5.21. The second-order valence-electron chi connectivity index (χ2n) is 4.26. The van der Waals surface area contributed by atoms with Crippen molar-refractivity contribution in [2.24, 2.45) is 5.92 Å². The zero-order valence-corrected chi connectivity index (χ0v) is 9.13. The molecule has 0 bridgehead atoms. The highest BCUT2D eigenvalue weighted by Gasteiger charge is 2.29. The van der Waals surface area contributed by atoms with E-state index < -0.39 is 0 Å². The van der Waals surface area contributed by atoms with Gasteiger partial charge in [0.05, 0.1) is 12.0 Å². The van der Waals surface area contributed by atoms with E-state index in [1.54, 1.807) is 0 Å². The van der Waals surface area contributed by atoms with Gasteiger partial charge in [-0.25, -0.2) is 0 Å². The van der Waals surface area contributed by atoms with Gasteiger partial charge in [-0.05, 0) is 24.8 Å². The highest BCUT2D eigenvalue weighted by molar-refractivity contribution is 5.72. The van der Waals surface area contributed by atoms with Crippen molar-refractivity contribution in [1.29, 1.82) is 0 Å². The summed E-state index contributed by atoms with van der Waals surface area (Å²) in [6, 6.07) is 9.62. The first-order valence-corrected chi connectivity index (χ1v) is 5.64. The van der Waals surface area contributed by atoms with Crippen LogP contribution in [0.15, 0.2) is 30.3 Å². The zero-order valence-electron chi connectivity index (χ0n) is 9.13. The SMILES string of the molecule is O=C(OCc1ccccc1)[C@@H]1CC[C@@H](O)C1. The Morgan fingerprint density at radius 3 is 2.69 bits per heavy atom. The summed E-state index contributed by atoms with van der Waals surface area (Å²) in [6.07, 6.45) is 1.68. The summed E-state index contributed by atoms with van der Waals surface area (Å²) in [6.45, 7) is 0.326. The van der Waals surface area contributed by atoms with E-state index in [4.69, 9.17) is 4.74 Å². The number of ether oxygens (including phenoxy) is 1. The number of hydrogen-bond acceptors (Lipinski definition) is 3. The molecule has 0 aliphatic heterocycles. The van der Waals surface area contributed by atoms with Crippen LogP contribution in [0, 0.1) is 5.92 Å². The van der Waals surface area contributed by atoms with Crippen LogP contribution in [0.4, 0.5) is 0 Å². The van der Waals surface area contributed by atoms with Crippen molar-refractivity contribution in [2.75, 3.05) is 0 Å². The largest absolute Gasteiger partial charge is 0.461 e. The van der Waals surface area contributed by atoms with E-state index in [1.165, 1.54) is 0 Å². The van der Waals surface area contributed by atoms with Gasteiger partial charge < -0.3 is 9.84 Å². The molecule has 0 aromatic heterocycles. The van der Waals surface area contributed by atoms with Crippen LogP contribution in [0.5, 0.6) is 0 Å². The van der Waals surface area contributed by atoms with Crippen molar-refractivity contribution in [1.82, 2.24) is 0 Å². The van der Waals surface area contributed by atoms with Gasteiger partial charge in [0.1, 0.15) is 6.61 Å². The Bertz CT molecular complexity index is 347. The van der Waals surface area contributed by atoms with Crippen molar-refractivity contribution in [2.45, 2.75) is 32.0 Å². The molecule has 1 aliphatic carbocycles. The third kappa shape index (κ3) is 2.83. The second kappa shape index (κ2) is 5.12. The first-order valence-electron chi connectivity index (χ1n) is 5.64. The number of rotatable bonds is 3. The van der Waals surface area contributed by atoms with Crippen molar-refractivity contribution in [3.05, 3.63) is 35.9 Å². The average molecular weight is 220 g/mol. The third-order valence-electron chi connectivity index (χ3n) is 2.96. The Labute approximate surface area is 95.0 Å². The van der Waals surface area contributed by atoms with Crippen LogP contribution < -0.4 is 0 Å². The zero-order chi connectivity index (χ0) is 11.4. The molecule has 1 saturated carbocycles. The van der Waals surface area contributed by atoms with E-state index in [-0.39, 0.29) is 18.0 Å². The molecule has 16 heavy (non-hydrogen) atoms. The number of benzene rings is 1. The fraction of sp³-hybridized carbons (Fsp3) is 0.462. The molecule has 2 rings (SSSR count). The predicted molar refractivity (Wildman–Crippen MR) is 59.6 cm³/mol. The topological polar surface area (TPSA) is 46.5 Å². The minimum atomic E-state index is -0.325. The van der Waals surface area contributed by atoms with Gasteiger partial charge >= 0.3 is 5.97 Å². The molecular weight excluding hydrogens is 204 g/mol. The smallest absolute Gasteiger partial charge is 0.309 e. The maximum absolute atomic E-state index is 11.6. The second-order valence-corrected chi connectivity index (χ2v) is 4.26. The molecule has 2 atom stereocenters. The third-order valence-corrected chi connectivity index (χ3v) is 2.96. The molecule has 3 nitrogen and oxygen atoms in total. The lowest BCUT2D eigenvalue weighted by Crippen LogP contribution is -2.15. The molecule has 0 spiro atoms. The highest BCUT2D eigenvalue weighted by atomic mass is 16.5. The number of carbonyl (C=O) groups excluding carboxylic acids is 1. The van der Waals surface area contributed by atoms with Crippen LogP contribution in [0.1, 0.15) is 24.8 Å². The Hall–Kier alpha value is -1.35. The summed E-state index contributed by atoms with van der Waals surface area (Å²) in [5, 5.41) is 9.33. The van der Waals surface area contributed by atoms with E-state index in [2.05, 4.69) is 0 Å². The Kier molecular flexibility index (Phi) is 3.57. The molecule has 0 unspecified atom stereocenters. The van der Waals surface area contributed by atoms with Gasteiger partial charge in [-0.2, -0.15) is 0 Å². The minimum absolute atomic E-state index is 0.112. The number of aliphatic hydroxyl groups is 1. The van der Waals surface area contributed by atoms with Crippen LogP contribution in [-0.4, -0.2) is 17.2 Å². The van der Waals surface area contributed by atoms with E-state index in [0.29, 0.717) is 19.4 Å². The van der Waals surface area contributed by atoms with Crippen molar-refractivity contribution < 1.29 is 14.6 Å². The van der Waals surface area contributed by atoms with Crippen LogP contribution in [0.3, 0.4) is 0 Å².